The van der Waals surface area contributed by atoms with Crippen molar-refractivity contribution in [3.8, 4) is 0 Å². The van der Waals surface area contributed by atoms with Crippen molar-refractivity contribution < 1.29 is 9.84 Å². The van der Waals surface area contributed by atoms with Crippen molar-refractivity contribution in [1.82, 2.24) is 9.97 Å². The number of nitrogens with zero attached hydrogens (tertiary/aromatic N) is 4. The lowest BCUT2D eigenvalue weighted by molar-refractivity contribution is -0.0273. The summed E-state index contributed by atoms with van der Waals surface area (Å²) < 4.78 is 5.94. The van der Waals surface area contributed by atoms with Gasteiger partial charge in [0.05, 0.1) is 24.5 Å². The maximum Gasteiger partial charge on any atom is 0.223 e. The van der Waals surface area contributed by atoms with Gasteiger partial charge >= 0.3 is 0 Å². The Morgan fingerprint density at radius 1 is 1.03 bits per heavy atom. The van der Waals surface area contributed by atoms with Gasteiger partial charge < -0.3 is 20.9 Å². The minimum absolute atomic E-state index is 0.0124. The highest BCUT2D eigenvalue weighted by atomic mass is 35.5. The molecule has 8 nitrogen and oxygen atoms in total. The second-order valence-corrected chi connectivity index (χ2v) is 8.26. The molecule has 4 N–H and O–H groups in total. The third kappa shape index (κ3) is 5.72. The largest absolute Gasteiger partial charge is 0.390 e. The molecule has 0 unspecified atom stereocenters. The second-order valence-electron chi connectivity index (χ2n) is 7.46. The third-order valence-electron chi connectivity index (χ3n) is 5.07. The lowest BCUT2D eigenvalue weighted by atomic mass is 10.2. The van der Waals surface area contributed by atoms with Gasteiger partial charge in [-0.1, -0.05) is 53.5 Å². The summed E-state index contributed by atoms with van der Waals surface area (Å²) in [6.07, 6.45) is 0.157. The molecule has 2 aromatic carbocycles. The van der Waals surface area contributed by atoms with Crippen LogP contribution in [-0.2, 0) is 11.3 Å². The number of azo groups is 1. The van der Waals surface area contributed by atoms with E-state index in [1.807, 2.05) is 30.3 Å². The summed E-state index contributed by atoms with van der Waals surface area (Å²) >= 11 is 12.2. The average Bonchev–Trinajstić information content (AvgIpc) is 3.12. The van der Waals surface area contributed by atoms with E-state index in [2.05, 4.69) is 25.5 Å². The summed E-state index contributed by atoms with van der Waals surface area (Å²) in [4.78, 5) is 8.21. The van der Waals surface area contributed by atoms with Crippen molar-refractivity contribution in [3.05, 3.63) is 70.3 Å². The molecule has 0 amide bonds. The molecule has 0 radical (unpaired) electrons. The number of halogens is 2. The van der Waals surface area contributed by atoms with Crippen molar-refractivity contribution in [1.29, 1.82) is 0 Å². The number of nitrogens with one attached hydrogen (secondary N) is 1. The molecule has 1 aliphatic rings. The van der Waals surface area contributed by atoms with Crippen LogP contribution in [0.5, 0.6) is 0 Å². The SMILES string of the molecule is Nc1nc(Cl)c(N=Nc2ccc(Cl)cc2)c(N[C@H]2C[C@H](OCc3ccccc3)[C@@H](O)C2)n1. The first-order valence-electron chi connectivity index (χ1n) is 10.1. The number of hydrogen-bond acceptors (Lipinski definition) is 8. The Bertz CT molecular complexity index is 1080. The molecule has 10 heteroatoms. The number of aromatic nitrogens is 2. The van der Waals surface area contributed by atoms with E-state index in [0.29, 0.717) is 36.0 Å². The molecule has 1 fully saturated rings. The quantitative estimate of drug-likeness (QED) is 0.317. The standard InChI is InChI=1S/C22H22Cl2N6O2/c23-14-6-8-15(9-7-14)29-30-19-20(24)27-22(25)28-21(19)26-16-10-17(31)18(11-16)32-12-13-4-2-1-3-5-13/h1-9,16-18,31H,10-12H2,(H3,25,26,27,28)/t16-,17+,18+/m1/s1. The number of nitrogens with two attached hydrogens (primary N) is 1. The molecule has 1 aromatic heterocycles. The van der Waals surface area contributed by atoms with Gasteiger partial charge in [-0.2, -0.15) is 15.1 Å². The normalized spacial score (nSPS) is 20.7. The van der Waals surface area contributed by atoms with Gasteiger partial charge in [0.1, 0.15) is 0 Å². The van der Waals surface area contributed by atoms with Crippen LogP contribution in [0.25, 0.3) is 0 Å². The Kier molecular flexibility index (Phi) is 7.16. The first-order valence-corrected chi connectivity index (χ1v) is 10.8. The summed E-state index contributed by atoms with van der Waals surface area (Å²) in [5, 5.41) is 22.8. The Hall–Kier alpha value is -2.78. The molecule has 1 aliphatic carbocycles. The third-order valence-corrected chi connectivity index (χ3v) is 5.59. The molecule has 1 heterocycles. The number of nitrogen functional groups attached to an aromatic ring is 1. The number of rotatable bonds is 7. The smallest absolute Gasteiger partial charge is 0.223 e. The van der Waals surface area contributed by atoms with Gasteiger partial charge in [-0.25, -0.2) is 0 Å². The fraction of sp³-hybridized carbons (Fsp3) is 0.273. The fourth-order valence-corrected chi connectivity index (χ4v) is 3.83. The maximum absolute atomic E-state index is 10.5. The lowest BCUT2D eigenvalue weighted by Crippen LogP contribution is -2.22. The van der Waals surface area contributed by atoms with E-state index in [9.17, 15) is 5.11 Å². The predicted molar refractivity (Wildman–Crippen MR) is 125 cm³/mol. The van der Waals surface area contributed by atoms with Crippen LogP contribution in [-0.4, -0.2) is 33.3 Å². The van der Waals surface area contributed by atoms with Gasteiger partial charge in [0.25, 0.3) is 0 Å². The highest BCUT2D eigenvalue weighted by Gasteiger charge is 2.34. The molecule has 0 aliphatic heterocycles. The van der Waals surface area contributed by atoms with Crippen LogP contribution in [0.1, 0.15) is 18.4 Å². The second kappa shape index (κ2) is 10.2. The van der Waals surface area contributed by atoms with Gasteiger partial charge in [0.15, 0.2) is 16.7 Å². The molecule has 4 rings (SSSR count). The molecular formula is C22H22Cl2N6O2. The summed E-state index contributed by atoms with van der Waals surface area (Å²) in [6, 6.07) is 16.6. The fourth-order valence-electron chi connectivity index (χ4n) is 3.49. The Morgan fingerprint density at radius 2 is 1.78 bits per heavy atom. The zero-order valence-electron chi connectivity index (χ0n) is 17.0. The van der Waals surface area contributed by atoms with Gasteiger partial charge in [-0.05, 0) is 42.7 Å². The van der Waals surface area contributed by atoms with Crippen molar-refractivity contribution in [2.45, 2.75) is 37.7 Å². The van der Waals surface area contributed by atoms with Crippen molar-refractivity contribution >= 4 is 46.3 Å². The van der Waals surface area contributed by atoms with E-state index in [-0.39, 0.29) is 28.9 Å². The molecule has 0 spiro atoms. The van der Waals surface area contributed by atoms with Crippen molar-refractivity contribution in [3.63, 3.8) is 0 Å². The van der Waals surface area contributed by atoms with Crippen LogP contribution in [0.3, 0.4) is 0 Å². The van der Waals surface area contributed by atoms with Crippen LogP contribution in [0.15, 0.2) is 64.8 Å². The average molecular weight is 473 g/mol. The first kappa shape index (κ1) is 22.4. The summed E-state index contributed by atoms with van der Waals surface area (Å²) in [5.41, 5.74) is 7.70. The molecular weight excluding hydrogens is 451 g/mol. The monoisotopic (exact) mass is 472 g/mol. The first-order chi connectivity index (χ1) is 15.5. The van der Waals surface area contributed by atoms with Crippen LogP contribution in [0.4, 0.5) is 23.1 Å². The van der Waals surface area contributed by atoms with E-state index in [4.69, 9.17) is 33.7 Å². The van der Waals surface area contributed by atoms with E-state index < -0.39 is 6.10 Å². The number of aliphatic hydroxyl groups is 1. The van der Waals surface area contributed by atoms with Crippen LogP contribution in [0.2, 0.25) is 10.2 Å². The topological polar surface area (TPSA) is 118 Å². The molecule has 3 aromatic rings. The minimum atomic E-state index is -0.606. The van der Waals surface area contributed by atoms with E-state index in [1.54, 1.807) is 24.3 Å². The maximum atomic E-state index is 10.5. The number of hydrogen-bond donors (Lipinski definition) is 3. The molecule has 0 saturated heterocycles. The zero-order valence-corrected chi connectivity index (χ0v) is 18.5. The Labute approximate surface area is 195 Å². The molecule has 0 bridgehead atoms. The predicted octanol–water partition coefficient (Wildman–Crippen LogP) is 5.30. The number of aliphatic hydroxyl groups excluding tert-OH is 1. The summed E-state index contributed by atoms with van der Waals surface area (Å²) in [7, 11) is 0. The summed E-state index contributed by atoms with van der Waals surface area (Å²) in [6.45, 7) is 0.433. The van der Waals surface area contributed by atoms with Crippen molar-refractivity contribution in [2.24, 2.45) is 10.2 Å². The van der Waals surface area contributed by atoms with E-state index in [0.717, 1.165) is 5.56 Å². The van der Waals surface area contributed by atoms with Gasteiger partial charge in [-0.15, -0.1) is 5.11 Å². The van der Waals surface area contributed by atoms with Crippen molar-refractivity contribution in [2.75, 3.05) is 11.1 Å². The lowest BCUT2D eigenvalue weighted by Gasteiger charge is -2.16. The van der Waals surface area contributed by atoms with Gasteiger partial charge in [0, 0.05) is 11.1 Å². The molecule has 3 atom stereocenters. The van der Waals surface area contributed by atoms with E-state index in [1.165, 1.54) is 0 Å². The highest BCUT2D eigenvalue weighted by molar-refractivity contribution is 6.32. The van der Waals surface area contributed by atoms with Crippen LogP contribution >= 0.6 is 23.2 Å². The van der Waals surface area contributed by atoms with Gasteiger partial charge in [-0.3, -0.25) is 0 Å². The number of benzene rings is 2. The number of ether oxygens (including phenoxy) is 1. The molecule has 166 valence electrons. The highest BCUT2D eigenvalue weighted by Crippen LogP contribution is 2.35. The molecule has 1 saturated carbocycles. The van der Waals surface area contributed by atoms with E-state index >= 15 is 0 Å². The Balaban J connectivity index is 1.46. The molecule has 32 heavy (non-hydrogen) atoms. The minimum Gasteiger partial charge on any atom is -0.390 e. The summed E-state index contributed by atoms with van der Waals surface area (Å²) in [5.74, 6) is 0.361. The van der Waals surface area contributed by atoms with Gasteiger partial charge in [0.2, 0.25) is 5.95 Å². The van der Waals surface area contributed by atoms with Crippen LogP contribution in [0, 0.1) is 0 Å². The Morgan fingerprint density at radius 3 is 2.53 bits per heavy atom. The zero-order chi connectivity index (χ0) is 22.5. The van der Waals surface area contributed by atoms with Crippen LogP contribution < -0.4 is 11.1 Å². The number of anilines is 2.